The van der Waals surface area contributed by atoms with E-state index in [1.54, 1.807) is 19.2 Å². The summed E-state index contributed by atoms with van der Waals surface area (Å²) in [5, 5.41) is 0. The van der Waals surface area contributed by atoms with E-state index in [-0.39, 0.29) is 11.9 Å². The Labute approximate surface area is 96.4 Å². The molecule has 1 aromatic rings. The highest BCUT2D eigenvalue weighted by atomic mass is 16.6. The van der Waals surface area contributed by atoms with E-state index in [0.717, 1.165) is 12.8 Å². The third-order valence-electron chi connectivity index (χ3n) is 2.40. The molecular weight excluding hydrogens is 204 g/mol. The smallest absolute Gasteiger partial charge is 0.314 e. The monoisotopic (exact) mass is 222 g/mol. The van der Waals surface area contributed by atoms with E-state index in [9.17, 15) is 4.79 Å². The molecule has 3 nitrogen and oxygen atoms in total. The summed E-state index contributed by atoms with van der Waals surface area (Å²) < 4.78 is 10.4. The van der Waals surface area contributed by atoms with Crippen molar-refractivity contribution in [1.82, 2.24) is 0 Å². The number of para-hydroxylation sites is 2. The standard InChI is InChI=1S/C13H18O3/c1-4-7-10(2)13(14)16-12-9-6-5-8-11(12)15-3/h5-6,8-10H,4,7H2,1-3H3. The number of ether oxygens (including phenoxy) is 2. The molecule has 0 bridgehead atoms. The predicted molar refractivity (Wildman–Crippen MR) is 62.7 cm³/mol. The highest BCUT2D eigenvalue weighted by Gasteiger charge is 2.15. The Balaban J connectivity index is 2.69. The molecule has 0 aliphatic heterocycles. The van der Waals surface area contributed by atoms with Crippen LogP contribution >= 0.6 is 0 Å². The van der Waals surface area contributed by atoms with Crippen LogP contribution in [0.4, 0.5) is 0 Å². The molecule has 0 aliphatic rings. The molecule has 0 fully saturated rings. The van der Waals surface area contributed by atoms with Gasteiger partial charge in [0.2, 0.25) is 0 Å². The zero-order chi connectivity index (χ0) is 12.0. The molecule has 0 amide bonds. The molecule has 16 heavy (non-hydrogen) atoms. The SMILES string of the molecule is CCCC(C)C(=O)Oc1ccccc1OC. The number of esters is 1. The van der Waals surface area contributed by atoms with E-state index in [0.29, 0.717) is 11.5 Å². The van der Waals surface area contributed by atoms with E-state index >= 15 is 0 Å². The fraction of sp³-hybridized carbons (Fsp3) is 0.462. The molecule has 0 heterocycles. The van der Waals surface area contributed by atoms with Crippen LogP contribution in [0.1, 0.15) is 26.7 Å². The van der Waals surface area contributed by atoms with Gasteiger partial charge in [-0.05, 0) is 18.6 Å². The van der Waals surface area contributed by atoms with E-state index in [1.807, 2.05) is 26.0 Å². The summed E-state index contributed by atoms with van der Waals surface area (Å²) in [4.78, 5) is 11.7. The topological polar surface area (TPSA) is 35.5 Å². The lowest BCUT2D eigenvalue weighted by Gasteiger charge is -2.12. The molecule has 0 saturated carbocycles. The van der Waals surface area contributed by atoms with Gasteiger partial charge >= 0.3 is 5.97 Å². The van der Waals surface area contributed by atoms with Crippen molar-refractivity contribution < 1.29 is 14.3 Å². The number of carbonyl (C=O) groups is 1. The van der Waals surface area contributed by atoms with Crippen LogP contribution in [0.3, 0.4) is 0 Å². The first-order valence-corrected chi connectivity index (χ1v) is 5.53. The average molecular weight is 222 g/mol. The normalized spacial score (nSPS) is 11.9. The number of methoxy groups -OCH3 is 1. The summed E-state index contributed by atoms with van der Waals surface area (Å²) in [7, 11) is 1.56. The Morgan fingerprint density at radius 2 is 1.94 bits per heavy atom. The zero-order valence-electron chi connectivity index (χ0n) is 10.0. The van der Waals surface area contributed by atoms with Gasteiger partial charge in [-0.1, -0.05) is 32.4 Å². The van der Waals surface area contributed by atoms with E-state index in [1.165, 1.54) is 0 Å². The van der Waals surface area contributed by atoms with Crippen LogP contribution in [-0.4, -0.2) is 13.1 Å². The molecule has 0 aromatic heterocycles. The molecular formula is C13H18O3. The van der Waals surface area contributed by atoms with Crippen molar-refractivity contribution in [2.45, 2.75) is 26.7 Å². The second-order valence-corrected chi connectivity index (χ2v) is 3.76. The van der Waals surface area contributed by atoms with Gasteiger partial charge in [-0.25, -0.2) is 0 Å². The maximum atomic E-state index is 11.7. The highest BCUT2D eigenvalue weighted by Crippen LogP contribution is 2.26. The molecule has 0 N–H and O–H groups in total. The van der Waals surface area contributed by atoms with Gasteiger partial charge in [0.25, 0.3) is 0 Å². The minimum atomic E-state index is -0.202. The number of hydrogen-bond donors (Lipinski definition) is 0. The van der Waals surface area contributed by atoms with Crippen LogP contribution in [0, 0.1) is 5.92 Å². The summed E-state index contributed by atoms with van der Waals surface area (Å²) in [6.07, 6.45) is 1.82. The minimum absolute atomic E-state index is 0.0742. The van der Waals surface area contributed by atoms with Gasteiger partial charge in [-0.3, -0.25) is 4.79 Å². The molecule has 0 saturated heterocycles. The maximum Gasteiger partial charge on any atom is 0.314 e. The molecule has 3 heteroatoms. The lowest BCUT2D eigenvalue weighted by molar-refractivity contribution is -0.138. The third kappa shape index (κ3) is 3.26. The van der Waals surface area contributed by atoms with Crippen LogP contribution in [0.25, 0.3) is 0 Å². The second kappa shape index (κ2) is 6.16. The first kappa shape index (κ1) is 12.6. The zero-order valence-corrected chi connectivity index (χ0v) is 10.0. The van der Waals surface area contributed by atoms with Crippen LogP contribution < -0.4 is 9.47 Å². The lowest BCUT2D eigenvalue weighted by Crippen LogP contribution is -2.17. The average Bonchev–Trinajstić information content (AvgIpc) is 2.30. The summed E-state index contributed by atoms with van der Waals surface area (Å²) in [5.74, 6) is 0.791. The first-order valence-electron chi connectivity index (χ1n) is 5.53. The minimum Gasteiger partial charge on any atom is -0.493 e. The highest BCUT2D eigenvalue weighted by molar-refractivity contribution is 5.75. The summed E-state index contributed by atoms with van der Waals surface area (Å²) in [6, 6.07) is 7.16. The van der Waals surface area contributed by atoms with Crippen LogP contribution in [-0.2, 0) is 4.79 Å². The molecule has 1 aromatic carbocycles. The van der Waals surface area contributed by atoms with Crippen molar-refractivity contribution in [2.75, 3.05) is 7.11 Å². The third-order valence-corrected chi connectivity index (χ3v) is 2.40. The van der Waals surface area contributed by atoms with Crippen molar-refractivity contribution in [3.63, 3.8) is 0 Å². The molecule has 88 valence electrons. The largest absolute Gasteiger partial charge is 0.493 e. The number of benzene rings is 1. The van der Waals surface area contributed by atoms with Gasteiger partial charge < -0.3 is 9.47 Å². The Hall–Kier alpha value is -1.51. The lowest BCUT2D eigenvalue weighted by atomic mass is 10.1. The van der Waals surface area contributed by atoms with Crippen LogP contribution in [0.15, 0.2) is 24.3 Å². The van der Waals surface area contributed by atoms with E-state index < -0.39 is 0 Å². The molecule has 1 rings (SSSR count). The van der Waals surface area contributed by atoms with Gasteiger partial charge in [-0.15, -0.1) is 0 Å². The van der Waals surface area contributed by atoms with E-state index in [4.69, 9.17) is 9.47 Å². The van der Waals surface area contributed by atoms with Crippen LogP contribution in [0.2, 0.25) is 0 Å². The first-order chi connectivity index (χ1) is 7.69. The fourth-order valence-electron chi connectivity index (χ4n) is 1.46. The van der Waals surface area contributed by atoms with Crippen molar-refractivity contribution in [2.24, 2.45) is 5.92 Å². The molecule has 0 radical (unpaired) electrons. The molecule has 0 aliphatic carbocycles. The van der Waals surface area contributed by atoms with Gasteiger partial charge in [0.1, 0.15) is 0 Å². The van der Waals surface area contributed by atoms with Gasteiger partial charge in [0.15, 0.2) is 11.5 Å². The van der Waals surface area contributed by atoms with Crippen molar-refractivity contribution in [3.05, 3.63) is 24.3 Å². The number of rotatable bonds is 5. The Morgan fingerprint density at radius 3 is 2.50 bits per heavy atom. The Kier molecular flexibility index (Phi) is 4.83. The fourth-order valence-corrected chi connectivity index (χ4v) is 1.46. The van der Waals surface area contributed by atoms with Gasteiger partial charge in [-0.2, -0.15) is 0 Å². The van der Waals surface area contributed by atoms with E-state index in [2.05, 4.69) is 0 Å². The molecule has 1 atom stereocenters. The summed E-state index contributed by atoms with van der Waals surface area (Å²) in [6.45, 7) is 3.92. The summed E-state index contributed by atoms with van der Waals surface area (Å²) in [5.41, 5.74) is 0. The molecule has 0 spiro atoms. The number of hydrogen-bond acceptors (Lipinski definition) is 3. The van der Waals surface area contributed by atoms with Gasteiger partial charge in [0, 0.05) is 0 Å². The van der Waals surface area contributed by atoms with Gasteiger partial charge in [0.05, 0.1) is 13.0 Å². The molecule has 1 unspecified atom stereocenters. The number of carbonyl (C=O) groups excluding carboxylic acids is 1. The Bertz CT molecular complexity index is 347. The summed E-state index contributed by atoms with van der Waals surface area (Å²) >= 11 is 0. The maximum absolute atomic E-state index is 11.7. The Morgan fingerprint density at radius 1 is 1.31 bits per heavy atom. The second-order valence-electron chi connectivity index (χ2n) is 3.76. The van der Waals surface area contributed by atoms with Crippen molar-refractivity contribution in [1.29, 1.82) is 0 Å². The predicted octanol–water partition coefficient (Wildman–Crippen LogP) is 3.04. The van der Waals surface area contributed by atoms with Crippen molar-refractivity contribution >= 4 is 5.97 Å². The van der Waals surface area contributed by atoms with Crippen molar-refractivity contribution in [3.8, 4) is 11.5 Å². The van der Waals surface area contributed by atoms with Crippen LogP contribution in [0.5, 0.6) is 11.5 Å². The quantitative estimate of drug-likeness (QED) is 0.567.